The Morgan fingerprint density at radius 2 is 1.88 bits per heavy atom. The summed E-state index contributed by atoms with van der Waals surface area (Å²) in [5.41, 5.74) is 4.18. The van der Waals surface area contributed by atoms with Gasteiger partial charge in [0.05, 0.1) is 19.3 Å². The molecule has 2 aromatic rings. The predicted molar refractivity (Wildman–Crippen MR) is 101 cm³/mol. The lowest BCUT2D eigenvalue weighted by Gasteiger charge is -2.25. The number of carbonyl (C=O) groups excluding carboxylic acids is 1. The van der Waals surface area contributed by atoms with Crippen molar-refractivity contribution in [1.82, 2.24) is 0 Å². The van der Waals surface area contributed by atoms with Gasteiger partial charge >= 0.3 is 5.97 Å². The third-order valence-corrected chi connectivity index (χ3v) is 4.77. The number of hydrogen-bond acceptors (Lipinski definition) is 4. The summed E-state index contributed by atoms with van der Waals surface area (Å²) in [6.07, 6.45) is 3.42. The van der Waals surface area contributed by atoms with E-state index >= 15 is 0 Å². The van der Waals surface area contributed by atoms with Crippen LogP contribution in [0.1, 0.15) is 46.8 Å². The van der Waals surface area contributed by atoms with E-state index in [1.165, 1.54) is 11.1 Å². The summed E-state index contributed by atoms with van der Waals surface area (Å²) in [7, 11) is 1.59. The zero-order valence-corrected chi connectivity index (χ0v) is 15.5. The Labute approximate surface area is 155 Å². The van der Waals surface area contributed by atoms with Crippen LogP contribution in [0.5, 0.6) is 5.75 Å². The van der Waals surface area contributed by atoms with Crippen LogP contribution >= 0.6 is 0 Å². The molecule has 3 rings (SSSR count). The largest absolute Gasteiger partial charge is 0.497 e. The number of ether oxygens (including phenoxy) is 3. The Bertz CT molecular complexity index is 736. The lowest BCUT2D eigenvalue weighted by atomic mass is 9.96. The number of aryl methyl sites for hydroxylation is 1. The van der Waals surface area contributed by atoms with Crippen molar-refractivity contribution < 1.29 is 19.0 Å². The Balaban J connectivity index is 1.42. The first kappa shape index (κ1) is 18.5. The molecule has 138 valence electrons. The first-order valence-electron chi connectivity index (χ1n) is 9.23. The number of carbonyl (C=O) groups is 1. The maximum absolute atomic E-state index is 12.2. The number of rotatable bonds is 8. The van der Waals surface area contributed by atoms with Gasteiger partial charge in [-0.2, -0.15) is 0 Å². The highest BCUT2D eigenvalue weighted by atomic mass is 16.5. The summed E-state index contributed by atoms with van der Waals surface area (Å²) in [4.78, 5) is 12.2. The first-order chi connectivity index (χ1) is 12.7. The molecule has 0 aliphatic carbocycles. The fraction of sp³-hybridized carbons (Fsp3) is 0.409. The number of esters is 1. The summed E-state index contributed by atoms with van der Waals surface area (Å²) in [6, 6.07) is 14.1. The third-order valence-electron chi connectivity index (χ3n) is 4.77. The molecule has 1 atom stereocenters. The van der Waals surface area contributed by atoms with Crippen molar-refractivity contribution in [3.8, 4) is 5.75 Å². The van der Waals surface area contributed by atoms with Crippen LogP contribution in [0.25, 0.3) is 0 Å². The second-order valence-electron chi connectivity index (χ2n) is 6.62. The first-order valence-corrected chi connectivity index (χ1v) is 9.23. The zero-order chi connectivity index (χ0) is 18.4. The number of benzene rings is 2. The summed E-state index contributed by atoms with van der Waals surface area (Å²) in [5, 5.41) is 0. The van der Waals surface area contributed by atoms with Gasteiger partial charge in [-0.25, -0.2) is 4.79 Å². The molecule has 4 heteroatoms. The van der Waals surface area contributed by atoms with E-state index in [-0.39, 0.29) is 12.1 Å². The maximum Gasteiger partial charge on any atom is 0.338 e. The SMILES string of the molecule is CCc1ccc(COCCCC2Cc3ccc(OC)cc3C(=O)O2)cc1. The smallest absolute Gasteiger partial charge is 0.338 e. The van der Waals surface area contributed by atoms with E-state index in [1.807, 2.05) is 12.1 Å². The Morgan fingerprint density at radius 3 is 2.62 bits per heavy atom. The molecule has 1 unspecified atom stereocenters. The quantitative estimate of drug-likeness (QED) is 0.523. The van der Waals surface area contributed by atoms with Gasteiger partial charge in [0.15, 0.2) is 0 Å². The van der Waals surface area contributed by atoms with Gasteiger partial charge < -0.3 is 14.2 Å². The van der Waals surface area contributed by atoms with Gasteiger partial charge in [-0.05, 0) is 48.1 Å². The van der Waals surface area contributed by atoms with Crippen LogP contribution in [0.4, 0.5) is 0 Å². The molecular formula is C22H26O4. The Hall–Kier alpha value is -2.33. The van der Waals surface area contributed by atoms with Crippen LogP contribution in [0.2, 0.25) is 0 Å². The Morgan fingerprint density at radius 1 is 1.12 bits per heavy atom. The molecule has 0 saturated carbocycles. The second-order valence-corrected chi connectivity index (χ2v) is 6.62. The van der Waals surface area contributed by atoms with E-state index in [0.717, 1.165) is 31.2 Å². The van der Waals surface area contributed by atoms with Crippen molar-refractivity contribution in [3.05, 3.63) is 64.7 Å². The lowest BCUT2D eigenvalue weighted by Crippen LogP contribution is -2.28. The molecule has 0 saturated heterocycles. The standard InChI is InChI=1S/C22H26O4/c1-3-16-6-8-17(9-7-16)15-25-12-4-5-20-13-18-10-11-19(24-2)14-21(18)22(23)26-20/h6-11,14,20H,3-5,12-13,15H2,1-2H3. The van der Waals surface area contributed by atoms with E-state index in [1.54, 1.807) is 13.2 Å². The molecule has 1 heterocycles. The number of methoxy groups -OCH3 is 1. The van der Waals surface area contributed by atoms with E-state index < -0.39 is 0 Å². The molecule has 26 heavy (non-hydrogen) atoms. The predicted octanol–water partition coefficient (Wildman–Crippen LogP) is 4.34. The fourth-order valence-electron chi connectivity index (χ4n) is 3.19. The van der Waals surface area contributed by atoms with Crippen molar-refractivity contribution in [2.45, 2.75) is 45.3 Å². The highest BCUT2D eigenvalue weighted by Gasteiger charge is 2.26. The molecule has 2 aromatic carbocycles. The molecule has 1 aliphatic rings. The van der Waals surface area contributed by atoms with Crippen LogP contribution in [0, 0.1) is 0 Å². The highest BCUT2D eigenvalue weighted by molar-refractivity contribution is 5.92. The van der Waals surface area contributed by atoms with Crippen molar-refractivity contribution >= 4 is 5.97 Å². The molecule has 4 nitrogen and oxygen atoms in total. The molecule has 0 N–H and O–H groups in total. The van der Waals surface area contributed by atoms with E-state index in [2.05, 4.69) is 31.2 Å². The summed E-state index contributed by atoms with van der Waals surface area (Å²) in [6.45, 7) is 3.44. The summed E-state index contributed by atoms with van der Waals surface area (Å²) in [5.74, 6) is 0.423. The molecule has 0 spiro atoms. The summed E-state index contributed by atoms with van der Waals surface area (Å²) < 4.78 is 16.5. The molecule has 0 radical (unpaired) electrons. The zero-order valence-electron chi connectivity index (χ0n) is 15.5. The number of hydrogen-bond donors (Lipinski definition) is 0. The average molecular weight is 354 g/mol. The van der Waals surface area contributed by atoms with Crippen molar-refractivity contribution in [3.63, 3.8) is 0 Å². The average Bonchev–Trinajstić information content (AvgIpc) is 2.68. The molecule has 0 fully saturated rings. The van der Waals surface area contributed by atoms with Crippen LogP contribution < -0.4 is 4.74 Å². The molecule has 0 amide bonds. The summed E-state index contributed by atoms with van der Waals surface area (Å²) >= 11 is 0. The normalized spacial score (nSPS) is 16.1. The number of fused-ring (bicyclic) bond motifs is 1. The minimum absolute atomic E-state index is 0.0733. The molecule has 0 bridgehead atoms. The minimum atomic E-state index is -0.257. The van der Waals surface area contributed by atoms with Crippen LogP contribution in [0.15, 0.2) is 42.5 Å². The third kappa shape index (κ3) is 4.64. The molecule has 1 aliphatic heterocycles. The minimum Gasteiger partial charge on any atom is -0.497 e. The van der Waals surface area contributed by atoms with Gasteiger partial charge in [0.25, 0.3) is 0 Å². The van der Waals surface area contributed by atoms with Gasteiger partial charge in [0.2, 0.25) is 0 Å². The van der Waals surface area contributed by atoms with Crippen molar-refractivity contribution in [1.29, 1.82) is 0 Å². The van der Waals surface area contributed by atoms with Gasteiger partial charge in [-0.3, -0.25) is 0 Å². The van der Waals surface area contributed by atoms with Crippen molar-refractivity contribution in [2.75, 3.05) is 13.7 Å². The lowest BCUT2D eigenvalue weighted by molar-refractivity contribution is 0.0200. The van der Waals surface area contributed by atoms with Crippen LogP contribution in [-0.2, 0) is 28.9 Å². The van der Waals surface area contributed by atoms with E-state index in [4.69, 9.17) is 14.2 Å². The fourth-order valence-corrected chi connectivity index (χ4v) is 3.19. The van der Waals surface area contributed by atoms with Gasteiger partial charge in [-0.15, -0.1) is 0 Å². The van der Waals surface area contributed by atoms with Gasteiger partial charge in [0.1, 0.15) is 11.9 Å². The topological polar surface area (TPSA) is 44.8 Å². The van der Waals surface area contributed by atoms with E-state index in [9.17, 15) is 4.79 Å². The van der Waals surface area contributed by atoms with E-state index in [0.29, 0.717) is 24.5 Å². The maximum atomic E-state index is 12.2. The van der Waals surface area contributed by atoms with Crippen LogP contribution in [-0.4, -0.2) is 25.8 Å². The Kier molecular flexibility index (Phi) is 6.29. The van der Waals surface area contributed by atoms with Gasteiger partial charge in [-0.1, -0.05) is 37.3 Å². The van der Waals surface area contributed by atoms with Gasteiger partial charge in [0, 0.05) is 13.0 Å². The van der Waals surface area contributed by atoms with Crippen molar-refractivity contribution in [2.24, 2.45) is 0 Å². The van der Waals surface area contributed by atoms with Crippen LogP contribution in [0.3, 0.4) is 0 Å². The monoisotopic (exact) mass is 354 g/mol. The molecular weight excluding hydrogens is 328 g/mol. The molecule has 0 aromatic heterocycles. The highest BCUT2D eigenvalue weighted by Crippen LogP contribution is 2.26. The second kappa shape index (κ2) is 8.86. The number of cyclic esters (lactones) is 1.